The molecule has 6 nitrogen and oxygen atoms in total. The molecular weight excluding hydrogens is 334 g/mol. The van der Waals surface area contributed by atoms with Crippen LogP contribution in [0.25, 0.3) is 0 Å². The molecule has 0 spiro atoms. The summed E-state index contributed by atoms with van der Waals surface area (Å²) in [5, 5.41) is 0. The van der Waals surface area contributed by atoms with Gasteiger partial charge in [0.2, 0.25) is 5.78 Å². The molecule has 1 aromatic rings. The van der Waals surface area contributed by atoms with Crippen LogP contribution in [-0.2, 0) is 25.5 Å². The molecule has 138 valence electrons. The Morgan fingerprint density at radius 3 is 2.62 bits per heavy atom. The van der Waals surface area contributed by atoms with Crippen LogP contribution in [-0.4, -0.2) is 42.8 Å². The van der Waals surface area contributed by atoms with E-state index in [2.05, 4.69) is 0 Å². The number of likely N-dealkylation sites (tertiary alicyclic amines) is 1. The Labute approximate surface area is 152 Å². The summed E-state index contributed by atoms with van der Waals surface area (Å²) >= 11 is 0. The summed E-state index contributed by atoms with van der Waals surface area (Å²) in [6.45, 7) is 2.23. The normalized spacial score (nSPS) is 22.1. The molecule has 1 heterocycles. The van der Waals surface area contributed by atoms with Crippen molar-refractivity contribution in [3.8, 4) is 5.75 Å². The third kappa shape index (κ3) is 2.89. The summed E-state index contributed by atoms with van der Waals surface area (Å²) in [7, 11) is 1.61. The molecule has 1 fully saturated rings. The van der Waals surface area contributed by atoms with Crippen LogP contribution < -0.4 is 4.74 Å². The summed E-state index contributed by atoms with van der Waals surface area (Å²) < 4.78 is 10.3. The number of benzene rings is 1. The Kier molecular flexibility index (Phi) is 5.11. The number of ether oxygens (including phenoxy) is 2. The second-order valence-electron chi connectivity index (χ2n) is 6.49. The summed E-state index contributed by atoms with van der Waals surface area (Å²) in [4.78, 5) is 39.4. The van der Waals surface area contributed by atoms with Crippen molar-refractivity contribution in [2.45, 2.75) is 32.6 Å². The molecule has 0 N–H and O–H groups in total. The lowest BCUT2D eigenvalue weighted by Gasteiger charge is -2.31. The maximum absolute atomic E-state index is 12.7. The number of nitrogens with zero attached hydrogens (tertiary/aromatic N) is 1. The zero-order valence-electron chi connectivity index (χ0n) is 15.1. The van der Waals surface area contributed by atoms with Gasteiger partial charge >= 0.3 is 5.97 Å². The van der Waals surface area contributed by atoms with Crippen LogP contribution >= 0.6 is 0 Å². The van der Waals surface area contributed by atoms with E-state index in [1.165, 1.54) is 4.90 Å². The SMILES string of the molecule is CCOC(=O)C12CCCC=C1N(CCc1ccc(OC)cc1)C(=O)C2=O. The van der Waals surface area contributed by atoms with Crippen molar-refractivity contribution in [3.63, 3.8) is 0 Å². The van der Waals surface area contributed by atoms with Crippen molar-refractivity contribution in [1.82, 2.24) is 4.90 Å². The fraction of sp³-hybridized carbons (Fsp3) is 0.450. The molecule has 0 radical (unpaired) electrons. The minimum absolute atomic E-state index is 0.182. The topological polar surface area (TPSA) is 72.9 Å². The van der Waals surface area contributed by atoms with E-state index in [0.717, 1.165) is 17.7 Å². The van der Waals surface area contributed by atoms with Crippen LogP contribution in [0.15, 0.2) is 36.0 Å². The van der Waals surface area contributed by atoms with Crippen molar-refractivity contribution in [3.05, 3.63) is 41.6 Å². The Bertz CT molecular complexity index is 752. The minimum atomic E-state index is -1.44. The standard InChI is InChI=1S/C20H23NO5/c1-3-26-19(24)20-12-5-4-6-16(20)21(18(23)17(20)22)13-11-14-7-9-15(25-2)10-8-14/h6-10H,3-5,11-13H2,1-2H3. The highest BCUT2D eigenvalue weighted by molar-refractivity contribution is 6.46. The van der Waals surface area contributed by atoms with Gasteiger partial charge in [0.25, 0.3) is 5.91 Å². The number of carbonyl (C=O) groups is 3. The molecule has 1 atom stereocenters. The predicted molar refractivity (Wildman–Crippen MR) is 94.4 cm³/mol. The van der Waals surface area contributed by atoms with E-state index >= 15 is 0 Å². The number of Topliss-reactive ketones (excluding diaryl/α,β-unsaturated/α-hetero) is 1. The number of amides is 1. The second kappa shape index (κ2) is 7.32. The molecule has 0 saturated carbocycles. The Hall–Kier alpha value is -2.63. The molecule has 1 aromatic carbocycles. The van der Waals surface area contributed by atoms with E-state index in [4.69, 9.17) is 9.47 Å². The van der Waals surface area contributed by atoms with Crippen molar-refractivity contribution >= 4 is 17.7 Å². The molecule has 2 aliphatic rings. The third-order valence-electron chi connectivity index (χ3n) is 5.06. The molecule has 1 saturated heterocycles. The molecule has 26 heavy (non-hydrogen) atoms. The maximum Gasteiger partial charge on any atom is 0.326 e. The number of methoxy groups -OCH3 is 1. The molecule has 3 rings (SSSR count). The fourth-order valence-corrected chi connectivity index (χ4v) is 3.70. The van der Waals surface area contributed by atoms with Gasteiger partial charge in [0, 0.05) is 12.2 Å². The zero-order chi connectivity index (χ0) is 18.7. The number of rotatable bonds is 6. The van der Waals surface area contributed by atoms with E-state index in [1.807, 2.05) is 30.3 Å². The minimum Gasteiger partial charge on any atom is -0.497 e. The van der Waals surface area contributed by atoms with Crippen LogP contribution in [0.4, 0.5) is 0 Å². The largest absolute Gasteiger partial charge is 0.497 e. The maximum atomic E-state index is 12.7. The van der Waals surface area contributed by atoms with Crippen LogP contribution in [0.1, 0.15) is 31.7 Å². The molecule has 1 aliphatic heterocycles. The Morgan fingerprint density at radius 2 is 1.96 bits per heavy atom. The van der Waals surface area contributed by atoms with Crippen LogP contribution in [0.3, 0.4) is 0 Å². The summed E-state index contributed by atoms with van der Waals surface area (Å²) in [6.07, 6.45) is 4.20. The van der Waals surface area contributed by atoms with E-state index in [9.17, 15) is 14.4 Å². The number of fused-ring (bicyclic) bond motifs is 1. The molecule has 0 bridgehead atoms. The number of esters is 1. The van der Waals surface area contributed by atoms with Crippen molar-refractivity contribution in [1.29, 1.82) is 0 Å². The molecule has 1 aliphatic carbocycles. The lowest BCUT2D eigenvalue weighted by Crippen LogP contribution is -2.41. The summed E-state index contributed by atoms with van der Waals surface area (Å²) in [5.74, 6) is -1.11. The third-order valence-corrected chi connectivity index (χ3v) is 5.06. The fourth-order valence-electron chi connectivity index (χ4n) is 3.70. The van der Waals surface area contributed by atoms with Gasteiger partial charge in [-0.25, -0.2) is 0 Å². The quantitative estimate of drug-likeness (QED) is 0.444. The average molecular weight is 357 g/mol. The van der Waals surface area contributed by atoms with E-state index in [-0.39, 0.29) is 6.61 Å². The molecule has 0 aromatic heterocycles. The molecule has 6 heteroatoms. The first kappa shape index (κ1) is 18.2. The van der Waals surface area contributed by atoms with Gasteiger partial charge in [0.1, 0.15) is 5.75 Å². The van der Waals surface area contributed by atoms with Crippen molar-refractivity contribution in [2.24, 2.45) is 5.41 Å². The van der Waals surface area contributed by atoms with Gasteiger partial charge in [-0.2, -0.15) is 0 Å². The Morgan fingerprint density at radius 1 is 1.23 bits per heavy atom. The summed E-state index contributed by atoms with van der Waals surface area (Å²) in [6, 6.07) is 7.56. The Balaban J connectivity index is 1.83. The van der Waals surface area contributed by atoms with Crippen LogP contribution in [0, 0.1) is 5.41 Å². The highest BCUT2D eigenvalue weighted by atomic mass is 16.5. The van der Waals surface area contributed by atoms with E-state index < -0.39 is 23.1 Å². The van der Waals surface area contributed by atoms with Gasteiger partial charge in [0.05, 0.1) is 13.7 Å². The average Bonchev–Trinajstić information content (AvgIpc) is 2.89. The summed E-state index contributed by atoms with van der Waals surface area (Å²) in [5.41, 5.74) is 0.0902. The molecule has 1 amide bonds. The predicted octanol–water partition coefficient (Wildman–Crippen LogP) is 2.27. The first-order valence-electron chi connectivity index (χ1n) is 8.91. The molecule has 1 unspecified atom stereocenters. The second-order valence-corrected chi connectivity index (χ2v) is 6.49. The first-order valence-corrected chi connectivity index (χ1v) is 8.91. The van der Waals surface area contributed by atoms with Crippen molar-refractivity contribution < 1.29 is 23.9 Å². The van der Waals surface area contributed by atoms with Gasteiger partial charge in [-0.1, -0.05) is 18.2 Å². The van der Waals surface area contributed by atoms with Crippen LogP contribution in [0.5, 0.6) is 5.75 Å². The number of hydrogen-bond donors (Lipinski definition) is 0. The van der Waals surface area contributed by atoms with Gasteiger partial charge < -0.3 is 14.4 Å². The highest BCUT2D eigenvalue weighted by Crippen LogP contribution is 2.46. The van der Waals surface area contributed by atoms with Crippen LogP contribution in [0.2, 0.25) is 0 Å². The smallest absolute Gasteiger partial charge is 0.326 e. The highest BCUT2D eigenvalue weighted by Gasteiger charge is 2.61. The van der Waals surface area contributed by atoms with Gasteiger partial charge in [-0.15, -0.1) is 0 Å². The lowest BCUT2D eigenvalue weighted by molar-refractivity contribution is -0.158. The lowest BCUT2D eigenvalue weighted by atomic mass is 9.75. The monoisotopic (exact) mass is 357 g/mol. The zero-order valence-corrected chi connectivity index (χ0v) is 15.1. The van der Waals surface area contributed by atoms with Gasteiger partial charge in [-0.05, 0) is 50.3 Å². The van der Waals surface area contributed by atoms with Crippen molar-refractivity contribution in [2.75, 3.05) is 20.3 Å². The van der Waals surface area contributed by atoms with Gasteiger partial charge in [-0.3, -0.25) is 14.4 Å². The number of hydrogen-bond acceptors (Lipinski definition) is 5. The molecular formula is C20H23NO5. The number of carbonyl (C=O) groups excluding carboxylic acids is 3. The van der Waals surface area contributed by atoms with E-state index in [1.54, 1.807) is 14.0 Å². The number of ketones is 1. The number of allylic oxidation sites excluding steroid dienone is 1. The van der Waals surface area contributed by atoms with Gasteiger partial charge in [0.15, 0.2) is 5.41 Å². The first-order chi connectivity index (χ1) is 12.5. The van der Waals surface area contributed by atoms with E-state index in [0.29, 0.717) is 31.5 Å².